The minimum Gasteiger partial charge on any atom is -0.396 e. The van der Waals surface area contributed by atoms with Crippen molar-refractivity contribution in [3.63, 3.8) is 0 Å². The number of benzene rings is 5. The van der Waals surface area contributed by atoms with Gasteiger partial charge in [0.05, 0.1) is 11.4 Å². The summed E-state index contributed by atoms with van der Waals surface area (Å²) in [5.41, 5.74) is 17.9. The highest BCUT2D eigenvalue weighted by Crippen LogP contribution is 2.46. The van der Waals surface area contributed by atoms with Crippen LogP contribution in [0.2, 0.25) is 0 Å². The standard InChI is InChI=1S/C41H32N2/c1-6-29-30(7-2)37(22-21-34(29)33(10-5)41(42)38-23-24-43-38)40-32(9-4)31(8-3)39(35-17-13-14-18-36(35)40)28-20-19-26-15-11-12-16-27(26)25-28/h6-25H,1-5,42H2/b41-33+. The van der Waals surface area contributed by atoms with Crippen LogP contribution < -0.4 is 5.73 Å². The number of hydrogen-bond donors (Lipinski definition) is 1. The Hall–Kier alpha value is -5.73. The number of nitrogens with zero attached hydrogens (tertiary/aromatic N) is 1. The quantitative estimate of drug-likeness (QED) is 0.181. The monoisotopic (exact) mass is 552 g/mol. The summed E-state index contributed by atoms with van der Waals surface area (Å²) in [5.74, 6) is 0. The molecule has 0 aliphatic carbocycles. The van der Waals surface area contributed by atoms with E-state index in [-0.39, 0.29) is 0 Å². The molecule has 0 atom stereocenters. The molecule has 5 aromatic carbocycles. The number of aliphatic imine (C=N–C) groups is 1. The molecule has 5 aromatic rings. The van der Waals surface area contributed by atoms with Gasteiger partial charge in [-0.15, -0.1) is 0 Å². The highest BCUT2D eigenvalue weighted by atomic mass is 14.8. The molecule has 0 amide bonds. The van der Waals surface area contributed by atoms with Crippen LogP contribution in [0.5, 0.6) is 0 Å². The Morgan fingerprint density at radius 1 is 0.628 bits per heavy atom. The summed E-state index contributed by atoms with van der Waals surface area (Å²) in [7, 11) is 0. The molecule has 43 heavy (non-hydrogen) atoms. The zero-order chi connectivity index (χ0) is 30.1. The van der Waals surface area contributed by atoms with Crippen LogP contribution in [0, 0.1) is 0 Å². The van der Waals surface area contributed by atoms with Gasteiger partial charge in [-0.2, -0.15) is 0 Å². The molecule has 0 saturated carbocycles. The van der Waals surface area contributed by atoms with Crippen molar-refractivity contribution in [1.82, 2.24) is 0 Å². The van der Waals surface area contributed by atoms with E-state index in [0.29, 0.717) is 5.70 Å². The van der Waals surface area contributed by atoms with Crippen molar-refractivity contribution in [2.75, 3.05) is 0 Å². The zero-order valence-electron chi connectivity index (χ0n) is 24.1. The summed E-state index contributed by atoms with van der Waals surface area (Å²) >= 11 is 0. The van der Waals surface area contributed by atoms with Gasteiger partial charge in [-0.1, -0.05) is 136 Å². The molecule has 2 heteroatoms. The molecule has 0 saturated heterocycles. The Kier molecular flexibility index (Phi) is 7.19. The molecule has 0 fully saturated rings. The maximum Gasteiger partial charge on any atom is 0.0880 e. The summed E-state index contributed by atoms with van der Waals surface area (Å²) in [5, 5.41) is 4.65. The summed E-state index contributed by atoms with van der Waals surface area (Å²) < 4.78 is 0. The third-order valence-corrected chi connectivity index (χ3v) is 8.21. The first-order valence-corrected chi connectivity index (χ1v) is 14.2. The predicted octanol–water partition coefficient (Wildman–Crippen LogP) is 10.7. The maximum absolute atomic E-state index is 6.54. The topological polar surface area (TPSA) is 38.4 Å². The molecule has 2 N–H and O–H groups in total. The third kappa shape index (κ3) is 4.41. The Morgan fingerprint density at radius 2 is 1.23 bits per heavy atom. The summed E-state index contributed by atoms with van der Waals surface area (Å²) in [4.78, 5) is 4.29. The molecule has 1 heterocycles. The number of rotatable bonds is 9. The van der Waals surface area contributed by atoms with E-state index in [0.717, 1.165) is 72.1 Å². The van der Waals surface area contributed by atoms with Crippen molar-refractivity contribution < 1.29 is 0 Å². The largest absolute Gasteiger partial charge is 0.396 e. The minimum atomic E-state index is 0.578. The fourth-order valence-electron chi connectivity index (χ4n) is 6.19. The predicted molar refractivity (Wildman–Crippen MR) is 191 cm³/mol. The van der Waals surface area contributed by atoms with Crippen LogP contribution in [0.3, 0.4) is 0 Å². The van der Waals surface area contributed by atoms with Crippen molar-refractivity contribution in [1.29, 1.82) is 0 Å². The van der Waals surface area contributed by atoms with Crippen LogP contribution in [0.25, 0.3) is 73.7 Å². The molecular formula is C41H32N2. The SMILES string of the molecule is C=C/C(=C(\N)C1=NC=C1)c1ccc(-c2c(C=C)c(C=C)c(-c3ccc4ccccc4c3)c3ccccc23)c(C=C)c1C=C. The lowest BCUT2D eigenvalue weighted by atomic mass is 9.80. The van der Waals surface area contributed by atoms with E-state index in [1.54, 1.807) is 12.3 Å². The number of fused-ring (bicyclic) bond motifs is 2. The molecule has 0 unspecified atom stereocenters. The highest BCUT2D eigenvalue weighted by molar-refractivity contribution is 6.17. The molecule has 2 nitrogen and oxygen atoms in total. The lowest BCUT2D eigenvalue weighted by molar-refractivity contribution is 1.39. The van der Waals surface area contributed by atoms with E-state index < -0.39 is 0 Å². The van der Waals surface area contributed by atoms with Crippen molar-refractivity contribution in [2.24, 2.45) is 10.7 Å². The minimum absolute atomic E-state index is 0.578. The first kappa shape index (κ1) is 27.4. The van der Waals surface area contributed by atoms with Crippen molar-refractivity contribution in [3.8, 4) is 22.3 Å². The molecule has 0 bridgehead atoms. The van der Waals surface area contributed by atoms with Gasteiger partial charge in [0, 0.05) is 11.8 Å². The average molecular weight is 553 g/mol. The van der Waals surface area contributed by atoms with Crippen LogP contribution >= 0.6 is 0 Å². The van der Waals surface area contributed by atoms with Gasteiger partial charge in [-0.05, 0) is 83.8 Å². The van der Waals surface area contributed by atoms with Gasteiger partial charge in [0.25, 0.3) is 0 Å². The Balaban J connectivity index is 1.69. The molecule has 0 aromatic heterocycles. The zero-order valence-corrected chi connectivity index (χ0v) is 24.1. The summed E-state index contributed by atoms with van der Waals surface area (Å²) in [6, 6.07) is 27.8. The molecule has 1 aliphatic rings. The molecule has 6 rings (SSSR count). The second-order valence-corrected chi connectivity index (χ2v) is 10.4. The second-order valence-electron chi connectivity index (χ2n) is 10.4. The number of allylic oxidation sites excluding steroid dienone is 3. The van der Waals surface area contributed by atoms with E-state index in [1.807, 2.05) is 30.4 Å². The van der Waals surface area contributed by atoms with E-state index in [2.05, 4.69) is 117 Å². The van der Waals surface area contributed by atoms with Gasteiger partial charge in [0.1, 0.15) is 0 Å². The van der Waals surface area contributed by atoms with Crippen molar-refractivity contribution in [2.45, 2.75) is 0 Å². The van der Waals surface area contributed by atoms with Gasteiger partial charge < -0.3 is 5.73 Å². The number of hydrogen-bond acceptors (Lipinski definition) is 2. The van der Waals surface area contributed by atoms with Gasteiger partial charge in [0.15, 0.2) is 0 Å². The van der Waals surface area contributed by atoms with Gasteiger partial charge in [-0.25, -0.2) is 0 Å². The fraction of sp³-hybridized carbons (Fsp3) is 0. The van der Waals surface area contributed by atoms with Crippen LogP contribution in [-0.4, -0.2) is 5.71 Å². The van der Waals surface area contributed by atoms with E-state index >= 15 is 0 Å². The van der Waals surface area contributed by atoms with Crippen LogP contribution in [0.15, 0.2) is 141 Å². The molecule has 0 radical (unpaired) electrons. The van der Waals surface area contributed by atoms with Gasteiger partial charge >= 0.3 is 0 Å². The summed E-state index contributed by atoms with van der Waals surface area (Å²) in [6.07, 6.45) is 13.0. The Bertz CT molecular complexity index is 2110. The Morgan fingerprint density at radius 3 is 1.84 bits per heavy atom. The van der Waals surface area contributed by atoms with Crippen LogP contribution in [0.4, 0.5) is 0 Å². The first-order chi connectivity index (χ1) is 21.1. The van der Waals surface area contributed by atoms with E-state index in [4.69, 9.17) is 5.73 Å². The van der Waals surface area contributed by atoms with E-state index in [1.165, 1.54) is 10.8 Å². The third-order valence-electron chi connectivity index (χ3n) is 8.21. The lowest BCUT2D eigenvalue weighted by Crippen LogP contribution is -2.15. The average Bonchev–Trinajstić information content (AvgIpc) is 3.02. The molecule has 1 aliphatic heterocycles. The van der Waals surface area contributed by atoms with Crippen LogP contribution in [0.1, 0.15) is 27.8 Å². The van der Waals surface area contributed by atoms with Crippen molar-refractivity contribution in [3.05, 3.63) is 164 Å². The Labute approximate surface area is 253 Å². The second kappa shape index (κ2) is 11.3. The van der Waals surface area contributed by atoms with Crippen molar-refractivity contribution >= 4 is 57.1 Å². The number of nitrogens with two attached hydrogens (primary N) is 1. The molecule has 0 spiro atoms. The fourth-order valence-corrected chi connectivity index (χ4v) is 6.19. The first-order valence-electron chi connectivity index (χ1n) is 14.2. The van der Waals surface area contributed by atoms with Crippen LogP contribution in [-0.2, 0) is 0 Å². The highest BCUT2D eigenvalue weighted by Gasteiger charge is 2.22. The smallest absolute Gasteiger partial charge is 0.0880 e. The van der Waals surface area contributed by atoms with Gasteiger partial charge in [-0.3, -0.25) is 4.99 Å². The normalized spacial score (nSPS) is 12.7. The van der Waals surface area contributed by atoms with E-state index in [9.17, 15) is 0 Å². The molecular weight excluding hydrogens is 520 g/mol. The maximum atomic E-state index is 6.54. The molecule has 206 valence electrons. The summed E-state index contributed by atoms with van der Waals surface area (Å²) in [6.45, 7) is 21.0. The lowest BCUT2D eigenvalue weighted by Gasteiger charge is -2.23. The van der Waals surface area contributed by atoms with Gasteiger partial charge in [0.2, 0.25) is 0 Å².